The highest BCUT2D eigenvalue weighted by Gasteiger charge is 2.53. The van der Waals surface area contributed by atoms with E-state index in [0.29, 0.717) is 0 Å². The first kappa shape index (κ1) is 80.9. The Morgan fingerprint density at radius 3 is 0.639 bits per heavy atom. The van der Waals surface area contributed by atoms with E-state index < -0.39 is 0 Å². The van der Waals surface area contributed by atoms with Crippen LogP contribution >= 0.6 is 45.2 Å². The third kappa shape index (κ3) is 11.8. The Balaban J connectivity index is 0.000000135. The summed E-state index contributed by atoms with van der Waals surface area (Å²) in [7, 11) is -0.305. The Morgan fingerprint density at radius 1 is 0.205 bits per heavy atom. The van der Waals surface area contributed by atoms with Gasteiger partial charge < -0.3 is 9.31 Å². The molecule has 22 rings (SSSR count). The minimum absolute atomic E-state index is 0.0186. The van der Waals surface area contributed by atoms with Gasteiger partial charge >= 0.3 is 7.12 Å². The first-order valence-corrected chi connectivity index (χ1v) is 47.2. The summed E-state index contributed by atoms with van der Waals surface area (Å²) in [5.74, 6) is 0. The van der Waals surface area contributed by atoms with Crippen molar-refractivity contribution < 1.29 is 9.31 Å². The zero-order chi connectivity index (χ0) is 85.1. The SMILES string of the molecule is CC1(C)c2cc(I)ccc2-c2ccc(-c3ccc4c(c3)C(C)(C)c3cc(I)ccc3-4)cc21.CCC1(CC)c2ccccc2-c2ccc(-c3ccc4c(c3)C(C)(C)c3cc(-c5ccc6c(c5)C(C)(C)c5cc(-c7ccc8c(c7)C(CC)(CC)c7ccccc7-8)ccc5-6)ccc3-4)cc21.CCC1(CC)c2ccccc2-c2ccc(B3OC(C)(C)C(C)(C)O3)cc21. The molecule has 14 aromatic rings. The molecule has 0 unspecified atom stereocenters. The van der Waals surface area contributed by atoms with Crippen LogP contribution < -0.4 is 5.46 Å². The lowest BCUT2D eigenvalue weighted by Gasteiger charge is -2.32. The highest BCUT2D eigenvalue weighted by molar-refractivity contribution is 14.1. The van der Waals surface area contributed by atoms with Crippen LogP contribution in [0.4, 0.5) is 0 Å². The van der Waals surface area contributed by atoms with Crippen molar-refractivity contribution in [2.75, 3.05) is 0 Å². The Bertz CT molecular complexity index is 6370. The van der Waals surface area contributed by atoms with E-state index in [1.54, 1.807) is 0 Å². The average Bonchev–Trinajstić information content (AvgIpc) is 2.45. The molecule has 14 aromatic carbocycles. The number of hydrogen-bond donors (Lipinski definition) is 0. The van der Waals surface area contributed by atoms with E-state index in [2.05, 4.69) is 443 Å². The van der Waals surface area contributed by atoms with E-state index >= 15 is 0 Å². The fraction of sp³-hybridized carbons (Fsp3) is 0.282. The van der Waals surface area contributed by atoms with Gasteiger partial charge in [-0.25, -0.2) is 0 Å². The quantitative estimate of drug-likeness (QED) is 0.0949. The van der Waals surface area contributed by atoms with Crippen LogP contribution in [-0.4, -0.2) is 18.3 Å². The van der Waals surface area contributed by atoms with Crippen LogP contribution in [0.3, 0.4) is 0 Å². The molecule has 1 aliphatic heterocycles. The second-order valence-corrected chi connectivity index (χ2v) is 41.9. The molecule has 0 spiro atoms. The molecule has 0 radical (unpaired) electrons. The van der Waals surface area contributed by atoms with Gasteiger partial charge in [0.2, 0.25) is 0 Å². The first-order chi connectivity index (χ1) is 58.4. The van der Waals surface area contributed by atoms with Gasteiger partial charge in [0.1, 0.15) is 0 Å². The summed E-state index contributed by atoms with van der Waals surface area (Å²) in [5.41, 5.74) is 50.6. The van der Waals surface area contributed by atoms with Crippen molar-refractivity contribution in [2.45, 2.75) is 212 Å². The van der Waals surface area contributed by atoms with Gasteiger partial charge in [-0.1, -0.05) is 297 Å². The van der Waals surface area contributed by atoms with Gasteiger partial charge in [0.05, 0.1) is 11.2 Å². The van der Waals surface area contributed by atoms with E-state index in [1.807, 2.05) is 0 Å². The lowest BCUT2D eigenvalue weighted by molar-refractivity contribution is 0.00578. The molecule has 5 heteroatoms. The van der Waals surface area contributed by atoms with Gasteiger partial charge in [-0.05, 0) is 390 Å². The molecule has 0 N–H and O–H groups in total. The Labute approximate surface area is 753 Å². The largest absolute Gasteiger partial charge is 0.494 e. The topological polar surface area (TPSA) is 18.5 Å². The van der Waals surface area contributed by atoms with Crippen LogP contribution in [0.25, 0.3) is 122 Å². The van der Waals surface area contributed by atoms with Crippen molar-refractivity contribution in [1.82, 2.24) is 0 Å². The maximum atomic E-state index is 6.30. The monoisotopic (exact) mass is 1810 g/mol. The van der Waals surface area contributed by atoms with Crippen molar-refractivity contribution in [1.29, 1.82) is 0 Å². The molecule has 0 atom stereocenters. The number of hydrogen-bond acceptors (Lipinski definition) is 2. The van der Waals surface area contributed by atoms with E-state index in [1.165, 1.54) is 207 Å². The van der Waals surface area contributed by atoms with Gasteiger partial charge in [0, 0.05) is 45.0 Å². The van der Waals surface area contributed by atoms with Crippen molar-refractivity contribution >= 4 is 57.8 Å². The smallest absolute Gasteiger partial charge is 0.399 e. The molecule has 8 aliphatic rings. The number of halogens is 2. The summed E-state index contributed by atoms with van der Waals surface area (Å²) in [6, 6.07) is 105. The molecule has 7 aliphatic carbocycles. The maximum absolute atomic E-state index is 6.30. The molecule has 0 aromatic heterocycles. The lowest BCUT2D eigenvalue weighted by Crippen LogP contribution is -2.41. The van der Waals surface area contributed by atoms with E-state index in [-0.39, 0.29) is 56.2 Å². The van der Waals surface area contributed by atoms with Gasteiger partial charge in [0.15, 0.2) is 0 Å². The Morgan fingerprint density at radius 2 is 0.393 bits per heavy atom. The van der Waals surface area contributed by atoms with Crippen molar-refractivity contribution in [3.63, 3.8) is 0 Å². The van der Waals surface area contributed by atoms with E-state index in [4.69, 9.17) is 9.31 Å². The standard InChI is InChI=1S/C64H58.C30H24I2.C23H29BO2/c1-9-63(10-2)53-19-15-13-17-45(53)51-31-25-43(37-59(51)63)41-23-29-49-47-27-21-39(33-55(47)61(5,6)57(49)35-41)40-22-28-48-50-30-24-42(36-58(50)62(7,8)56(48)34-40)44-26-32-52-46-18-14-16-20-54(46)64(11-3,12-4)60(52)38-44;1-29(2)25-13-17(5-9-21(25)23-11-7-19(31)15-27(23)29)18-6-10-22-24-12-8-20(32)16-28(24)30(3,4)26(22)14-18;1-7-23(8-2)19-12-10-9-11-17(19)18-14-13-16(15-20(18)23)24-25-21(3,4)22(5,6)26-24/h13-38H,9-12H2,1-8H3;5-16H,1-4H3;9-15H,7-8H2,1-6H3. The van der Waals surface area contributed by atoms with Gasteiger partial charge in [0.25, 0.3) is 0 Å². The molecule has 608 valence electrons. The van der Waals surface area contributed by atoms with Gasteiger partial charge in [-0.15, -0.1) is 0 Å². The highest BCUT2D eigenvalue weighted by Crippen LogP contribution is 2.61. The van der Waals surface area contributed by atoms with Crippen LogP contribution in [0.1, 0.15) is 241 Å². The minimum atomic E-state index is -0.313. The molecule has 1 saturated heterocycles. The average molecular weight is 1810 g/mol. The zero-order valence-electron chi connectivity index (χ0n) is 74.4. The molecule has 0 bridgehead atoms. The highest BCUT2D eigenvalue weighted by atomic mass is 127. The second kappa shape index (κ2) is 28.8. The van der Waals surface area contributed by atoms with E-state index in [9.17, 15) is 0 Å². The van der Waals surface area contributed by atoms with Gasteiger partial charge in [-0.2, -0.15) is 0 Å². The van der Waals surface area contributed by atoms with Crippen molar-refractivity contribution in [2.24, 2.45) is 0 Å². The molecule has 0 amide bonds. The third-order valence-corrected chi connectivity index (χ3v) is 33.3. The molecule has 2 nitrogen and oxygen atoms in total. The first-order valence-electron chi connectivity index (χ1n) is 45.0. The second-order valence-electron chi connectivity index (χ2n) is 39.4. The lowest BCUT2D eigenvalue weighted by atomic mass is 9.71. The zero-order valence-corrected chi connectivity index (χ0v) is 78.7. The summed E-state index contributed by atoms with van der Waals surface area (Å²) in [5, 5.41) is 0. The maximum Gasteiger partial charge on any atom is 0.494 e. The van der Waals surface area contributed by atoms with Crippen LogP contribution in [-0.2, 0) is 47.2 Å². The predicted molar refractivity (Wildman–Crippen MR) is 533 cm³/mol. The summed E-state index contributed by atoms with van der Waals surface area (Å²) < 4.78 is 15.2. The molecular weight excluding hydrogens is 1700 g/mol. The fourth-order valence-electron chi connectivity index (χ4n) is 23.9. The summed E-state index contributed by atoms with van der Waals surface area (Å²) >= 11 is 4.85. The summed E-state index contributed by atoms with van der Waals surface area (Å²) in [6.07, 6.45) is 6.61. The number of rotatable bonds is 11. The molecule has 0 saturated carbocycles. The van der Waals surface area contributed by atoms with Crippen molar-refractivity contribution in [3.8, 4) is 122 Å². The minimum Gasteiger partial charge on any atom is -0.399 e. The Kier molecular flexibility index (Phi) is 19.1. The van der Waals surface area contributed by atoms with E-state index in [0.717, 1.165) is 44.0 Å². The molecule has 122 heavy (non-hydrogen) atoms. The van der Waals surface area contributed by atoms with Crippen LogP contribution in [0.2, 0.25) is 0 Å². The summed E-state index contributed by atoms with van der Waals surface area (Å²) in [4.78, 5) is 0. The predicted octanol–water partition coefficient (Wildman–Crippen LogP) is 31.7. The normalized spacial score (nSPS) is 17.6. The molecule has 1 heterocycles. The fourth-order valence-corrected chi connectivity index (χ4v) is 24.9. The van der Waals surface area contributed by atoms with Crippen LogP contribution in [0, 0.1) is 7.14 Å². The Hall–Kier alpha value is -9.48. The molecular formula is C117H111BI2O2. The molecule has 1 fully saturated rings. The number of fused-ring (bicyclic) bond motifs is 21. The van der Waals surface area contributed by atoms with Crippen LogP contribution in [0.15, 0.2) is 273 Å². The summed E-state index contributed by atoms with van der Waals surface area (Å²) in [6.45, 7) is 41.6. The van der Waals surface area contributed by atoms with Gasteiger partial charge in [-0.3, -0.25) is 0 Å². The van der Waals surface area contributed by atoms with Crippen molar-refractivity contribution in [3.05, 3.63) is 358 Å². The van der Waals surface area contributed by atoms with Crippen LogP contribution in [0.5, 0.6) is 0 Å². The third-order valence-electron chi connectivity index (χ3n) is 31.9. The number of benzene rings is 14.